The van der Waals surface area contributed by atoms with Gasteiger partial charge in [0.25, 0.3) is 0 Å². The summed E-state index contributed by atoms with van der Waals surface area (Å²) in [6.07, 6.45) is 9.18. The lowest BCUT2D eigenvalue weighted by Crippen LogP contribution is -2.34. The monoisotopic (exact) mass is 400 g/mol. The Balaban J connectivity index is 1.72. The molecule has 0 aliphatic carbocycles. The zero-order chi connectivity index (χ0) is 17.0. The Hall–Kier alpha value is -0.290. The topological polar surface area (TPSA) is 17.8 Å². The van der Waals surface area contributed by atoms with Crippen molar-refractivity contribution in [3.05, 3.63) is 52.5 Å². The average Bonchev–Trinajstić information content (AvgIpc) is 3.07. The van der Waals surface area contributed by atoms with Crippen LogP contribution in [-0.2, 0) is 13.0 Å². The molecule has 0 saturated carbocycles. The van der Waals surface area contributed by atoms with Crippen LogP contribution in [0, 0.1) is 5.92 Å². The molecule has 0 N–H and O–H groups in total. The van der Waals surface area contributed by atoms with E-state index < -0.39 is 0 Å². The van der Waals surface area contributed by atoms with Gasteiger partial charge in [-0.2, -0.15) is 0 Å². The molecule has 0 spiro atoms. The van der Waals surface area contributed by atoms with Gasteiger partial charge in [-0.15, -0.1) is 23.5 Å². The highest BCUT2D eigenvalue weighted by atomic mass is 35.5. The van der Waals surface area contributed by atoms with Gasteiger partial charge in [0.1, 0.15) is 0 Å². The van der Waals surface area contributed by atoms with Crippen LogP contribution in [0.25, 0.3) is 0 Å². The van der Waals surface area contributed by atoms with Crippen molar-refractivity contribution in [1.82, 2.24) is 9.55 Å². The normalized spacial score (nSPS) is 24.2. The van der Waals surface area contributed by atoms with Gasteiger partial charge in [0, 0.05) is 29.0 Å². The van der Waals surface area contributed by atoms with Crippen molar-refractivity contribution < 1.29 is 0 Å². The van der Waals surface area contributed by atoms with Crippen LogP contribution in [0.2, 0.25) is 10.0 Å². The van der Waals surface area contributed by atoms with Gasteiger partial charge >= 0.3 is 0 Å². The molecular formula is C18H22Cl2N2S2. The minimum Gasteiger partial charge on any atom is -0.335 e. The number of benzene rings is 1. The van der Waals surface area contributed by atoms with E-state index in [9.17, 15) is 0 Å². The highest BCUT2D eigenvalue weighted by molar-refractivity contribution is 8.18. The number of hydrogen-bond donors (Lipinski definition) is 0. The van der Waals surface area contributed by atoms with Gasteiger partial charge in [-0.25, -0.2) is 4.98 Å². The second kappa shape index (κ2) is 8.39. The van der Waals surface area contributed by atoms with Crippen molar-refractivity contribution in [1.29, 1.82) is 0 Å². The molecule has 1 aliphatic heterocycles. The van der Waals surface area contributed by atoms with Gasteiger partial charge in [0.05, 0.1) is 10.4 Å². The fourth-order valence-electron chi connectivity index (χ4n) is 2.89. The first-order chi connectivity index (χ1) is 11.6. The molecule has 0 atom stereocenters. The summed E-state index contributed by atoms with van der Waals surface area (Å²) in [5, 5.41) is 1.47. The summed E-state index contributed by atoms with van der Waals surface area (Å²) < 4.78 is 2.39. The van der Waals surface area contributed by atoms with Crippen LogP contribution in [0.1, 0.15) is 25.3 Å². The predicted molar refractivity (Wildman–Crippen MR) is 108 cm³/mol. The zero-order valence-corrected chi connectivity index (χ0v) is 16.9. The minimum absolute atomic E-state index is 0.190. The molecule has 2 heterocycles. The first-order valence-electron chi connectivity index (χ1n) is 8.28. The molecular weight excluding hydrogens is 379 g/mol. The largest absolute Gasteiger partial charge is 0.335 e. The number of thioether (sulfide) groups is 2. The van der Waals surface area contributed by atoms with Crippen LogP contribution in [0.5, 0.6) is 0 Å². The van der Waals surface area contributed by atoms with Gasteiger partial charge in [-0.1, -0.05) is 42.6 Å². The Morgan fingerprint density at radius 1 is 1.29 bits per heavy atom. The molecule has 1 fully saturated rings. The Morgan fingerprint density at radius 3 is 2.71 bits per heavy atom. The second-order valence-electron chi connectivity index (χ2n) is 6.28. The summed E-state index contributed by atoms with van der Waals surface area (Å²) in [4.78, 5) is 4.20. The Kier molecular flexibility index (Phi) is 6.47. The molecule has 0 bridgehead atoms. The molecule has 2 aromatic rings. The molecule has 2 nitrogen and oxygen atoms in total. The number of imidazole rings is 1. The number of aryl methyl sites for hydroxylation is 1. The van der Waals surface area contributed by atoms with Crippen molar-refractivity contribution in [3.8, 4) is 0 Å². The third-order valence-electron chi connectivity index (χ3n) is 4.51. The zero-order valence-electron chi connectivity index (χ0n) is 13.8. The first kappa shape index (κ1) is 18.5. The quantitative estimate of drug-likeness (QED) is 0.589. The fraction of sp³-hybridized carbons (Fsp3) is 0.500. The fourth-order valence-corrected chi connectivity index (χ4v) is 7.04. The summed E-state index contributed by atoms with van der Waals surface area (Å²) in [7, 11) is 0. The van der Waals surface area contributed by atoms with E-state index in [1.54, 1.807) is 0 Å². The first-order valence-corrected chi connectivity index (χ1v) is 11.0. The van der Waals surface area contributed by atoms with Crippen molar-refractivity contribution in [2.24, 2.45) is 5.92 Å². The summed E-state index contributed by atoms with van der Waals surface area (Å²) >= 11 is 16.6. The third-order valence-corrected chi connectivity index (χ3v) is 8.80. The number of nitrogens with zero attached hydrogens (tertiary/aromatic N) is 2. The molecule has 1 saturated heterocycles. The van der Waals surface area contributed by atoms with Gasteiger partial charge < -0.3 is 4.57 Å². The SMILES string of the molecule is CCC1CSC(CCc2ccc(Cl)cc2Cl)(Cn2ccnc2)SC1. The Morgan fingerprint density at radius 2 is 2.08 bits per heavy atom. The van der Waals surface area contributed by atoms with E-state index in [1.807, 2.05) is 24.7 Å². The summed E-state index contributed by atoms with van der Waals surface area (Å²) in [6.45, 7) is 3.28. The molecule has 24 heavy (non-hydrogen) atoms. The van der Waals surface area contributed by atoms with E-state index in [2.05, 4.69) is 52.3 Å². The molecule has 1 aliphatic rings. The number of rotatable bonds is 6. The summed E-state index contributed by atoms with van der Waals surface area (Å²) in [5.41, 5.74) is 1.19. The van der Waals surface area contributed by atoms with E-state index in [-0.39, 0.29) is 4.08 Å². The average molecular weight is 401 g/mol. The van der Waals surface area contributed by atoms with Crippen molar-refractivity contribution in [2.45, 2.75) is 36.8 Å². The third kappa shape index (κ3) is 4.66. The minimum atomic E-state index is 0.190. The maximum atomic E-state index is 6.37. The van der Waals surface area contributed by atoms with Crippen LogP contribution in [0.15, 0.2) is 36.9 Å². The van der Waals surface area contributed by atoms with Gasteiger partial charge in [-0.05, 0) is 48.0 Å². The van der Waals surface area contributed by atoms with E-state index in [0.717, 1.165) is 30.3 Å². The molecule has 3 rings (SSSR count). The Labute approximate surface area is 162 Å². The highest BCUT2D eigenvalue weighted by Crippen LogP contribution is 2.49. The van der Waals surface area contributed by atoms with Gasteiger partial charge in [0.2, 0.25) is 0 Å². The summed E-state index contributed by atoms with van der Waals surface area (Å²) in [6, 6.07) is 5.83. The van der Waals surface area contributed by atoms with E-state index in [0.29, 0.717) is 5.02 Å². The predicted octanol–water partition coefficient (Wildman–Crippen LogP) is 6.03. The highest BCUT2D eigenvalue weighted by Gasteiger charge is 2.36. The van der Waals surface area contributed by atoms with E-state index in [4.69, 9.17) is 23.2 Å². The smallest absolute Gasteiger partial charge is 0.0946 e. The molecule has 130 valence electrons. The lowest BCUT2D eigenvalue weighted by molar-refractivity contribution is 0.566. The number of hydrogen-bond acceptors (Lipinski definition) is 3. The number of halogens is 2. The van der Waals surface area contributed by atoms with E-state index >= 15 is 0 Å². The molecule has 0 amide bonds. The van der Waals surface area contributed by atoms with Crippen molar-refractivity contribution >= 4 is 46.7 Å². The molecule has 0 unspecified atom stereocenters. The molecule has 1 aromatic heterocycles. The summed E-state index contributed by atoms with van der Waals surface area (Å²) in [5.74, 6) is 3.31. The van der Waals surface area contributed by atoms with Crippen LogP contribution >= 0.6 is 46.7 Å². The van der Waals surface area contributed by atoms with Crippen LogP contribution in [0.3, 0.4) is 0 Å². The lowest BCUT2D eigenvalue weighted by atomic mass is 10.1. The second-order valence-corrected chi connectivity index (χ2v) is 10.2. The van der Waals surface area contributed by atoms with E-state index in [1.165, 1.54) is 23.5 Å². The molecule has 6 heteroatoms. The Bertz CT molecular complexity index is 653. The molecule has 0 radical (unpaired) electrons. The van der Waals surface area contributed by atoms with Crippen LogP contribution < -0.4 is 0 Å². The standard InChI is InChI=1S/C18H22Cl2N2S2/c1-2-14-10-23-18(24-11-14,12-22-8-7-21-13-22)6-5-15-3-4-16(19)9-17(15)20/h3-4,7-9,13-14H,2,5-6,10-12H2,1H3. The van der Waals surface area contributed by atoms with Gasteiger partial charge in [-0.3, -0.25) is 0 Å². The number of aromatic nitrogens is 2. The van der Waals surface area contributed by atoms with Crippen molar-refractivity contribution in [3.63, 3.8) is 0 Å². The van der Waals surface area contributed by atoms with Crippen molar-refractivity contribution in [2.75, 3.05) is 11.5 Å². The molecule has 1 aromatic carbocycles. The van der Waals surface area contributed by atoms with Crippen LogP contribution in [0.4, 0.5) is 0 Å². The maximum absolute atomic E-state index is 6.37. The lowest BCUT2D eigenvalue weighted by Gasteiger charge is -2.39. The van der Waals surface area contributed by atoms with Gasteiger partial charge in [0.15, 0.2) is 0 Å². The maximum Gasteiger partial charge on any atom is 0.0946 e. The van der Waals surface area contributed by atoms with Crippen LogP contribution in [-0.4, -0.2) is 25.1 Å².